The van der Waals surface area contributed by atoms with Gasteiger partial charge in [0.25, 0.3) is 6.71 Å². The summed E-state index contributed by atoms with van der Waals surface area (Å²) in [5, 5.41) is 0. The summed E-state index contributed by atoms with van der Waals surface area (Å²) in [7, 11) is 0. The lowest BCUT2D eigenvalue weighted by Crippen LogP contribution is -2.61. The highest BCUT2D eigenvalue weighted by Gasteiger charge is 2.58. The van der Waals surface area contributed by atoms with E-state index in [2.05, 4.69) is 209 Å². The lowest BCUT2D eigenvalue weighted by Gasteiger charge is -2.50. The van der Waals surface area contributed by atoms with Crippen molar-refractivity contribution in [2.24, 2.45) is 0 Å². The Morgan fingerprint density at radius 2 is 0.985 bits per heavy atom. The van der Waals surface area contributed by atoms with E-state index in [-0.39, 0.29) is 45.1 Å². The fourth-order valence-corrected chi connectivity index (χ4v) is 11.9. The largest absolute Gasteiger partial charge is 0.334 e. The number of hydrogen-bond acceptors (Lipinski definition) is 3. The van der Waals surface area contributed by atoms with Gasteiger partial charge in [0.1, 0.15) is 5.82 Å². The fraction of sp³-hybridized carbons (Fsp3) is 0.400. The van der Waals surface area contributed by atoms with Gasteiger partial charge in [0.05, 0.1) is 5.54 Å². The molecule has 2 unspecified atom stereocenters. The van der Waals surface area contributed by atoms with Gasteiger partial charge in [0.2, 0.25) is 0 Å². The molecule has 1 fully saturated rings. The Hall–Kier alpha value is -5.29. The molecule has 5 heteroatoms. The SMILES string of the molecule is CC(C)(C)c1ccc(N2c3cc(N4c5ccc(F)cc5C5(C)CCCCC45C)ccc3B3c4ccc(C(C)(C)C)cc4N(c4cccc(C(C)(C)C)c4)c4cc(C(C)(C)C)cc2c43)cc1. The molecule has 1 saturated carbocycles. The number of benzene rings is 6. The highest BCUT2D eigenvalue weighted by Crippen LogP contribution is 2.61. The van der Waals surface area contributed by atoms with Gasteiger partial charge in [-0.1, -0.05) is 145 Å². The molecular formula is C60H69BFN3. The quantitative estimate of drug-likeness (QED) is 0.164. The Morgan fingerprint density at radius 3 is 1.62 bits per heavy atom. The van der Waals surface area contributed by atoms with Crippen LogP contribution >= 0.6 is 0 Å². The molecule has 0 N–H and O–H groups in total. The van der Waals surface area contributed by atoms with Crippen molar-refractivity contribution in [1.82, 2.24) is 0 Å². The Kier molecular flexibility index (Phi) is 9.63. The van der Waals surface area contributed by atoms with Crippen molar-refractivity contribution in [3.05, 3.63) is 149 Å². The highest BCUT2D eigenvalue weighted by molar-refractivity contribution is 7.00. The van der Waals surface area contributed by atoms with E-state index in [1.54, 1.807) is 6.07 Å². The van der Waals surface area contributed by atoms with E-state index in [0.717, 1.165) is 48.3 Å². The number of anilines is 8. The Bertz CT molecular complexity index is 2880. The molecule has 0 bridgehead atoms. The minimum atomic E-state index is -0.211. The van der Waals surface area contributed by atoms with Gasteiger partial charge in [-0.25, -0.2) is 4.39 Å². The second kappa shape index (κ2) is 14.4. The highest BCUT2D eigenvalue weighted by atomic mass is 19.1. The summed E-state index contributed by atoms with van der Waals surface area (Å²) < 4.78 is 15.3. The number of rotatable bonds is 3. The van der Waals surface area contributed by atoms with E-state index in [1.807, 2.05) is 12.1 Å². The molecule has 3 aliphatic heterocycles. The summed E-state index contributed by atoms with van der Waals surface area (Å²) in [5.74, 6) is -0.151. The normalized spacial score (nSPS) is 20.3. The summed E-state index contributed by atoms with van der Waals surface area (Å²) in [5.41, 5.74) is 19.4. The van der Waals surface area contributed by atoms with Crippen molar-refractivity contribution < 1.29 is 4.39 Å². The van der Waals surface area contributed by atoms with Gasteiger partial charge in [-0.15, -0.1) is 0 Å². The zero-order valence-corrected chi connectivity index (χ0v) is 41.6. The van der Waals surface area contributed by atoms with E-state index < -0.39 is 0 Å². The topological polar surface area (TPSA) is 9.72 Å². The Balaban J connectivity index is 1.30. The van der Waals surface area contributed by atoms with Crippen LogP contribution in [0.3, 0.4) is 0 Å². The van der Waals surface area contributed by atoms with Gasteiger partial charge >= 0.3 is 0 Å². The maximum absolute atomic E-state index is 15.3. The van der Waals surface area contributed by atoms with Crippen LogP contribution in [0.2, 0.25) is 0 Å². The predicted octanol–water partition coefficient (Wildman–Crippen LogP) is 14.8. The molecular weight excluding hydrogens is 792 g/mol. The van der Waals surface area contributed by atoms with Gasteiger partial charge in [0.15, 0.2) is 0 Å². The van der Waals surface area contributed by atoms with Gasteiger partial charge in [-0.05, 0) is 158 Å². The van der Waals surface area contributed by atoms with E-state index >= 15 is 4.39 Å². The first-order valence-corrected chi connectivity index (χ1v) is 24.3. The molecule has 0 saturated heterocycles. The van der Waals surface area contributed by atoms with Crippen molar-refractivity contribution >= 4 is 68.6 Å². The van der Waals surface area contributed by atoms with Crippen molar-refractivity contribution in [3.8, 4) is 0 Å². The lowest BCUT2D eigenvalue weighted by atomic mass is 9.33. The third-order valence-electron chi connectivity index (χ3n) is 16.1. The summed E-state index contributed by atoms with van der Waals surface area (Å²) in [6.07, 6.45) is 4.41. The zero-order chi connectivity index (χ0) is 46.4. The Morgan fingerprint density at radius 1 is 0.462 bits per heavy atom. The molecule has 1 aliphatic carbocycles. The molecule has 3 heterocycles. The van der Waals surface area contributed by atoms with Gasteiger partial charge in [-0.3, -0.25) is 0 Å². The maximum Gasteiger partial charge on any atom is 0.252 e. The summed E-state index contributed by atoms with van der Waals surface area (Å²) in [6.45, 7) is 32.7. The van der Waals surface area contributed by atoms with E-state index in [1.165, 1.54) is 67.1 Å². The van der Waals surface area contributed by atoms with Crippen LogP contribution in [-0.2, 0) is 27.1 Å². The molecule has 4 aliphatic rings. The monoisotopic (exact) mass is 862 g/mol. The van der Waals surface area contributed by atoms with Crippen LogP contribution in [0.1, 0.15) is 150 Å². The predicted molar refractivity (Wildman–Crippen MR) is 278 cm³/mol. The molecule has 6 aromatic rings. The maximum atomic E-state index is 15.3. The van der Waals surface area contributed by atoms with Crippen LogP contribution in [0.25, 0.3) is 0 Å². The van der Waals surface area contributed by atoms with Gasteiger partial charge < -0.3 is 14.7 Å². The summed E-state index contributed by atoms with van der Waals surface area (Å²) in [6, 6.07) is 43.8. The zero-order valence-electron chi connectivity index (χ0n) is 41.6. The third-order valence-corrected chi connectivity index (χ3v) is 16.1. The van der Waals surface area contributed by atoms with Crippen molar-refractivity contribution in [1.29, 1.82) is 0 Å². The molecule has 6 aromatic carbocycles. The molecule has 0 radical (unpaired) electrons. The molecule has 2 atom stereocenters. The smallest absolute Gasteiger partial charge is 0.252 e. The molecule has 10 rings (SSSR count). The second-order valence-electron chi connectivity index (χ2n) is 24.5. The molecule has 0 amide bonds. The third kappa shape index (κ3) is 6.71. The van der Waals surface area contributed by atoms with Crippen LogP contribution < -0.4 is 31.1 Å². The standard InChI is InChI=1S/C60H69BFN3/c1-55(2,3)38-20-24-43(25-21-38)63-51-37-45(65-49-29-23-42(62)36-46(49)59(13)30-15-16-31-60(59,65)14)26-28-48(51)61-47-27-22-40(57(7,8)9)33-50(47)64(44-19-17-18-39(32-44)56(4,5)6)53-35-41(58(10,11)12)34-52(63)54(53)61/h17-29,32-37H,15-16,30-31H2,1-14H3. The average Bonchev–Trinajstić information content (AvgIpc) is 3.44. The minimum Gasteiger partial charge on any atom is -0.334 e. The van der Waals surface area contributed by atoms with Crippen LogP contribution in [0, 0.1) is 5.82 Å². The second-order valence-corrected chi connectivity index (χ2v) is 24.5. The fourth-order valence-electron chi connectivity index (χ4n) is 11.9. The Labute approximate surface area is 390 Å². The number of halogens is 1. The van der Waals surface area contributed by atoms with E-state index in [9.17, 15) is 0 Å². The van der Waals surface area contributed by atoms with Crippen molar-refractivity contribution in [2.45, 2.75) is 155 Å². The first-order valence-electron chi connectivity index (χ1n) is 24.3. The van der Waals surface area contributed by atoms with Crippen LogP contribution in [0.4, 0.5) is 49.9 Å². The number of hydrogen-bond donors (Lipinski definition) is 0. The first kappa shape index (κ1) is 43.6. The van der Waals surface area contributed by atoms with E-state index in [0.29, 0.717) is 0 Å². The molecule has 0 spiro atoms. The van der Waals surface area contributed by atoms with Gasteiger partial charge in [0, 0.05) is 50.9 Å². The van der Waals surface area contributed by atoms with Crippen molar-refractivity contribution in [3.63, 3.8) is 0 Å². The summed E-state index contributed by atoms with van der Waals surface area (Å²) in [4.78, 5) is 7.77. The average molecular weight is 862 g/mol. The van der Waals surface area contributed by atoms with Crippen LogP contribution in [-0.4, -0.2) is 12.3 Å². The molecule has 65 heavy (non-hydrogen) atoms. The van der Waals surface area contributed by atoms with Crippen molar-refractivity contribution in [2.75, 3.05) is 14.7 Å². The lowest BCUT2D eigenvalue weighted by molar-refractivity contribution is 0.194. The number of nitrogens with zero attached hydrogens (tertiary/aromatic N) is 3. The first-order chi connectivity index (χ1) is 30.4. The summed E-state index contributed by atoms with van der Waals surface area (Å²) >= 11 is 0. The molecule has 3 nitrogen and oxygen atoms in total. The van der Waals surface area contributed by atoms with Gasteiger partial charge in [-0.2, -0.15) is 0 Å². The van der Waals surface area contributed by atoms with Crippen LogP contribution in [0.5, 0.6) is 0 Å². The molecule has 0 aromatic heterocycles. The minimum absolute atomic E-state index is 0.00951. The number of fused-ring (bicyclic) bond motifs is 7. The van der Waals surface area contributed by atoms with Crippen LogP contribution in [0.15, 0.2) is 115 Å². The molecule has 334 valence electrons. The van der Waals surface area contributed by atoms with E-state index in [4.69, 9.17) is 0 Å².